The predicted molar refractivity (Wildman–Crippen MR) is 96.9 cm³/mol. The second-order valence-electron chi connectivity index (χ2n) is 5.57. The van der Waals surface area contributed by atoms with E-state index in [9.17, 15) is 0 Å². The largest absolute Gasteiger partial charge is 2.00 e. The first-order chi connectivity index (χ1) is 10.6. The quantitative estimate of drug-likeness (QED) is 0.518. The summed E-state index contributed by atoms with van der Waals surface area (Å²) in [6, 6.07) is 17.7. The first-order valence-electron chi connectivity index (χ1n) is 7.64. The molecule has 25 heavy (non-hydrogen) atoms. The molecule has 1 N–H and O–H groups in total. The molecule has 0 unspecified atom stereocenters. The van der Waals surface area contributed by atoms with Gasteiger partial charge in [-0.05, 0) is 20.3 Å². The van der Waals surface area contributed by atoms with Crippen molar-refractivity contribution in [1.29, 1.82) is 0 Å². The van der Waals surface area contributed by atoms with Gasteiger partial charge in [-0.15, -0.1) is 23.4 Å². The van der Waals surface area contributed by atoms with Crippen LogP contribution in [0.5, 0.6) is 0 Å². The van der Waals surface area contributed by atoms with Crippen LogP contribution in [0.15, 0.2) is 71.8 Å². The maximum Gasteiger partial charge on any atom is 2.00 e. The predicted octanol–water partition coefficient (Wildman–Crippen LogP) is 0.758. The molecular formula is C21H23Cl2NTi-2. The molecule has 0 aromatic heterocycles. The smallest absolute Gasteiger partial charge is 1.00 e. The topological polar surface area (TPSA) is 23.8 Å². The van der Waals surface area contributed by atoms with Gasteiger partial charge in [-0.3, -0.25) is 0 Å². The molecule has 0 heterocycles. The van der Waals surface area contributed by atoms with E-state index < -0.39 is 0 Å². The molecule has 2 aromatic rings. The van der Waals surface area contributed by atoms with Gasteiger partial charge >= 0.3 is 21.7 Å². The third kappa shape index (κ3) is 7.75. The Morgan fingerprint density at radius 1 is 0.880 bits per heavy atom. The van der Waals surface area contributed by atoms with Crippen molar-refractivity contribution in [3.63, 3.8) is 0 Å². The zero-order valence-corrected chi connectivity index (χ0v) is 17.9. The van der Waals surface area contributed by atoms with Crippen LogP contribution in [0.25, 0.3) is 11.3 Å². The van der Waals surface area contributed by atoms with Crippen LogP contribution in [0.1, 0.15) is 38.3 Å². The maximum absolute atomic E-state index is 7.00. The average Bonchev–Trinajstić information content (AvgIpc) is 2.87. The van der Waals surface area contributed by atoms with Crippen molar-refractivity contribution in [3.05, 3.63) is 95.1 Å². The molecule has 0 bridgehead atoms. The van der Waals surface area contributed by atoms with Crippen molar-refractivity contribution >= 4 is 11.3 Å². The summed E-state index contributed by atoms with van der Waals surface area (Å²) >= 11 is 0. The molecule has 132 valence electrons. The molecule has 0 atom stereocenters. The molecular weight excluding hydrogens is 385 g/mol. The van der Waals surface area contributed by atoms with Gasteiger partial charge in [-0.2, -0.15) is 18.1 Å². The van der Waals surface area contributed by atoms with Crippen molar-refractivity contribution in [2.24, 2.45) is 0 Å². The van der Waals surface area contributed by atoms with Gasteiger partial charge < -0.3 is 30.5 Å². The minimum Gasteiger partial charge on any atom is -1.00 e. The number of rotatable bonds is 2. The van der Waals surface area contributed by atoms with Crippen LogP contribution in [0.2, 0.25) is 0 Å². The summed E-state index contributed by atoms with van der Waals surface area (Å²) in [6.07, 6.45) is 5.59. The molecule has 2 aromatic carbocycles. The molecule has 3 rings (SSSR count). The first-order valence-corrected chi connectivity index (χ1v) is 7.64. The van der Waals surface area contributed by atoms with E-state index in [4.69, 9.17) is 5.73 Å². The van der Waals surface area contributed by atoms with Gasteiger partial charge in [0.25, 0.3) is 0 Å². The second kappa shape index (κ2) is 13.1. The molecule has 0 amide bonds. The van der Waals surface area contributed by atoms with Gasteiger partial charge in [-0.25, -0.2) is 0 Å². The summed E-state index contributed by atoms with van der Waals surface area (Å²) in [4.78, 5) is 0. The van der Waals surface area contributed by atoms with Crippen LogP contribution in [0, 0.1) is 6.42 Å². The molecule has 1 aliphatic rings. The number of hydrogen-bond acceptors (Lipinski definition) is 0. The van der Waals surface area contributed by atoms with Crippen molar-refractivity contribution in [1.82, 2.24) is 0 Å². The number of nitrogens with one attached hydrogen (secondary N) is 1. The molecule has 0 spiro atoms. The summed E-state index contributed by atoms with van der Waals surface area (Å²) in [5.74, 6) is 0. The minimum absolute atomic E-state index is 0. The van der Waals surface area contributed by atoms with Gasteiger partial charge in [0.05, 0.1) is 0 Å². The monoisotopic (exact) mass is 407 g/mol. The van der Waals surface area contributed by atoms with Gasteiger partial charge in [0.2, 0.25) is 0 Å². The van der Waals surface area contributed by atoms with Crippen LogP contribution in [0.4, 0.5) is 5.69 Å². The fraction of sp³-hybridized carbons (Fsp3) is 0.190. The van der Waals surface area contributed by atoms with Crippen molar-refractivity contribution in [3.8, 4) is 0 Å². The van der Waals surface area contributed by atoms with Crippen LogP contribution in [0.3, 0.4) is 0 Å². The molecule has 0 fully saturated rings. The number of allylic oxidation sites excluding steroid dienone is 4. The molecule has 1 nitrogen and oxygen atoms in total. The third-order valence-corrected chi connectivity index (χ3v) is 3.77. The zero-order valence-electron chi connectivity index (χ0n) is 14.8. The molecule has 4 heteroatoms. The SMILES string of the molecule is C[CH-]c1ccccc1C1=C(C)C=C(C)C1.[Cl-].[Cl-].[NH-]c1ccccc1.[Ti+2]. The van der Waals surface area contributed by atoms with Gasteiger partial charge in [0.15, 0.2) is 0 Å². The van der Waals surface area contributed by atoms with E-state index >= 15 is 0 Å². The fourth-order valence-electron chi connectivity index (χ4n) is 2.70. The third-order valence-electron chi connectivity index (χ3n) is 3.77. The number of benzene rings is 2. The van der Waals surface area contributed by atoms with E-state index in [0.717, 1.165) is 6.42 Å². The Labute approximate surface area is 179 Å². The fourth-order valence-corrected chi connectivity index (χ4v) is 2.70. The summed E-state index contributed by atoms with van der Waals surface area (Å²) in [5.41, 5.74) is 14.7. The van der Waals surface area contributed by atoms with Crippen LogP contribution >= 0.6 is 0 Å². The summed E-state index contributed by atoms with van der Waals surface area (Å²) in [6.45, 7) is 6.51. The van der Waals surface area contributed by atoms with Crippen LogP contribution in [-0.4, -0.2) is 0 Å². The molecule has 0 saturated heterocycles. The Morgan fingerprint density at radius 2 is 1.44 bits per heavy atom. The van der Waals surface area contributed by atoms with Crippen molar-refractivity contribution in [2.45, 2.75) is 27.2 Å². The van der Waals surface area contributed by atoms with E-state index in [1.165, 1.54) is 27.8 Å². The van der Waals surface area contributed by atoms with E-state index in [1.807, 2.05) is 18.2 Å². The Morgan fingerprint density at radius 3 is 1.88 bits per heavy atom. The number of halogens is 2. The van der Waals surface area contributed by atoms with E-state index in [2.05, 4.69) is 57.5 Å². The summed E-state index contributed by atoms with van der Waals surface area (Å²) in [5, 5.41) is 0. The molecule has 1 aliphatic carbocycles. The van der Waals surface area contributed by atoms with Crippen molar-refractivity contribution in [2.75, 3.05) is 0 Å². The second-order valence-corrected chi connectivity index (χ2v) is 5.57. The van der Waals surface area contributed by atoms with Crippen molar-refractivity contribution < 1.29 is 46.5 Å². The van der Waals surface area contributed by atoms with E-state index in [1.54, 1.807) is 12.1 Å². The van der Waals surface area contributed by atoms with Crippen LogP contribution < -0.4 is 24.8 Å². The standard InChI is InChI=1S/C15H17.C6H6N.2ClH.Ti/c1-4-13-7-5-6-8-14(13)15-10-11(2)9-12(15)3;7-6-4-2-1-3-5-6;;;/h4-9H,10H2,1-3H3;1-5,7H;2*1H;/q2*-1;;;+2/p-2. The summed E-state index contributed by atoms with van der Waals surface area (Å²) in [7, 11) is 0. The maximum atomic E-state index is 7.00. The zero-order chi connectivity index (χ0) is 15.9. The first kappa shape index (κ1) is 26.1. The Kier molecular flexibility index (Phi) is 13.7. The van der Waals surface area contributed by atoms with E-state index in [0.29, 0.717) is 5.69 Å². The van der Waals surface area contributed by atoms with E-state index in [-0.39, 0.29) is 46.5 Å². The molecule has 0 aliphatic heterocycles. The molecule has 0 saturated carbocycles. The van der Waals surface area contributed by atoms with Gasteiger partial charge in [0.1, 0.15) is 0 Å². The molecule has 0 radical (unpaired) electrons. The Bertz CT molecular complexity index is 694. The van der Waals surface area contributed by atoms with Gasteiger partial charge in [-0.1, -0.05) is 66.1 Å². The minimum atomic E-state index is 0. The normalized spacial score (nSPS) is 11.7. The van der Waals surface area contributed by atoms with Crippen LogP contribution in [-0.2, 0) is 21.7 Å². The Balaban J connectivity index is 0. The van der Waals surface area contributed by atoms with Gasteiger partial charge in [0, 0.05) is 0 Å². The average molecular weight is 408 g/mol. The summed E-state index contributed by atoms with van der Waals surface area (Å²) < 4.78 is 0. The number of hydrogen-bond donors (Lipinski definition) is 0. The Hall–Kier alpha value is -1.12.